The van der Waals surface area contributed by atoms with Crippen molar-refractivity contribution in [2.75, 3.05) is 0 Å². The zero-order valence-electron chi connectivity index (χ0n) is 18.0. The van der Waals surface area contributed by atoms with E-state index in [0.717, 1.165) is 16.8 Å². The molecule has 0 N–H and O–H groups in total. The summed E-state index contributed by atoms with van der Waals surface area (Å²) < 4.78 is 15.9. The Morgan fingerprint density at radius 1 is 0.765 bits per heavy atom. The molecule has 0 radical (unpaired) electrons. The maximum Gasteiger partial charge on any atom is 0.197 e. The first-order chi connectivity index (χ1) is 16.7. The molecular formula is C28H19FN4S. The highest BCUT2D eigenvalue weighted by molar-refractivity contribution is 7.99. The van der Waals surface area contributed by atoms with Gasteiger partial charge in [0.15, 0.2) is 11.0 Å². The number of hydrogen-bond acceptors (Lipinski definition) is 4. The van der Waals surface area contributed by atoms with Crippen molar-refractivity contribution in [2.45, 2.75) is 10.4 Å². The molecular weight excluding hydrogens is 443 g/mol. The molecule has 5 aromatic rings. The summed E-state index contributed by atoms with van der Waals surface area (Å²) in [7, 11) is 0. The Hall–Kier alpha value is -4.21. The maximum atomic E-state index is 14.1. The predicted octanol–water partition coefficient (Wildman–Crippen LogP) is 6.83. The fourth-order valence-electron chi connectivity index (χ4n) is 3.80. The molecule has 0 atom stereocenters. The predicted molar refractivity (Wildman–Crippen MR) is 132 cm³/mol. The summed E-state index contributed by atoms with van der Waals surface area (Å²) in [4.78, 5) is 0. The van der Waals surface area contributed by atoms with Crippen LogP contribution in [0.4, 0.5) is 4.39 Å². The Morgan fingerprint density at radius 3 is 2.09 bits per heavy atom. The summed E-state index contributed by atoms with van der Waals surface area (Å²) in [6, 6.07) is 36.2. The van der Waals surface area contributed by atoms with E-state index in [4.69, 9.17) is 0 Å². The lowest BCUT2D eigenvalue weighted by atomic mass is 10.0. The van der Waals surface area contributed by atoms with E-state index in [-0.39, 0.29) is 11.1 Å². The van der Waals surface area contributed by atoms with Gasteiger partial charge in [-0.2, -0.15) is 5.26 Å². The lowest BCUT2D eigenvalue weighted by Gasteiger charge is -2.18. The monoisotopic (exact) mass is 462 g/mol. The Bertz CT molecular complexity index is 1420. The highest BCUT2D eigenvalue weighted by atomic mass is 32.2. The molecule has 0 aliphatic carbocycles. The van der Waals surface area contributed by atoms with Gasteiger partial charge in [-0.25, -0.2) is 4.39 Å². The van der Waals surface area contributed by atoms with Gasteiger partial charge in [0.05, 0.1) is 22.6 Å². The topological polar surface area (TPSA) is 54.5 Å². The largest absolute Gasteiger partial charge is 0.270 e. The van der Waals surface area contributed by atoms with Crippen LogP contribution in [-0.2, 0) is 0 Å². The van der Waals surface area contributed by atoms with Crippen molar-refractivity contribution in [1.82, 2.24) is 14.8 Å². The van der Waals surface area contributed by atoms with Gasteiger partial charge in [-0.3, -0.25) is 4.57 Å². The van der Waals surface area contributed by atoms with Gasteiger partial charge < -0.3 is 0 Å². The Kier molecular flexibility index (Phi) is 6.19. The van der Waals surface area contributed by atoms with Crippen LogP contribution < -0.4 is 0 Å². The van der Waals surface area contributed by atoms with Gasteiger partial charge in [-0.1, -0.05) is 90.6 Å². The second kappa shape index (κ2) is 9.74. The third-order valence-corrected chi connectivity index (χ3v) is 6.63. The van der Waals surface area contributed by atoms with Crippen molar-refractivity contribution < 1.29 is 4.39 Å². The van der Waals surface area contributed by atoms with Gasteiger partial charge in [-0.05, 0) is 41.5 Å². The molecule has 1 heterocycles. The van der Waals surface area contributed by atoms with E-state index in [1.807, 2.05) is 53.1 Å². The number of nitriles is 1. The van der Waals surface area contributed by atoms with E-state index in [0.29, 0.717) is 22.1 Å². The van der Waals surface area contributed by atoms with E-state index >= 15 is 0 Å². The summed E-state index contributed by atoms with van der Waals surface area (Å²) in [5.74, 6) is 0.162. The van der Waals surface area contributed by atoms with Crippen LogP contribution in [0.15, 0.2) is 114 Å². The average Bonchev–Trinajstić information content (AvgIpc) is 3.32. The Balaban J connectivity index is 1.67. The Morgan fingerprint density at radius 2 is 1.44 bits per heavy atom. The number of benzene rings is 4. The third-order valence-electron chi connectivity index (χ3n) is 5.38. The minimum absolute atomic E-state index is 0.0372. The normalized spacial score (nSPS) is 10.9. The smallest absolute Gasteiger partial charge is 0.197 e. The molecule has 4 nitrogen and oxygen atoms in total. The second-order valence-corrected chi connectivity index (χ2v) is 8.71. The van der Waals surface area contributed by atoms with Crippen LogP contribution in [0.2, 0.25) is 0 Å². The molecule has 0 bridgehead atoms. The number of rotatable bonds is 6. The fraction of sp³-hybridized carbons (Fsp3) is 0.0357. The lowest BCUT2D eigenvalue weighted by molar-refractivity contribution is 0.628. The van der Waals surface area contributed by atoms with Crippen LogP contribution in [0.5, 0.6) is 0 Å². The molecule has 0 aliphatic rings. The summed E-state index contributed by atoms with van der Waals surface area (Å²) in [5, 5.41) is 19.0. The van der Waals surface area contributed by atoms with Crippen molar-refractivity contribution in [3.8, 4) is 23.1 Å². The van der Waals surface area contributed by atoms with E-state index < -0.39 is 0 Å². The second-order valence-electron chi connectivity index (χ2n) is 7.63. The molecule has 0 unspecified atom stereocenters. The summed E-state index contributed by atoms with van der Waals surface area (Å²) in [6.45, 7) is 0. The number of nitrogens with zero attached hydrogens (tertiary/aromatic N) is 4. The molecule has 0 saturated heterocycles. The van der Waals surface area contributed by atoms with Crippen LogP contribution in [0.25, 0.3) is 17.1 Å². The first-order valence-electron chi connectivity index (χ1n) is 10.7. The molecule has 0 spiro atoms. The van der Waals surface area contributed by atoms with Crippen molar-refractivity contribution >= 4 is 11.8 Å². The van der Waals surface area contributed by atoms with Gasteiger partial charge in [0.1, 0.15) is 5.82 Å². The molecule has 6 heteroatoms. The number of aromatic nitrogens is 3. The SMILES string of the molecule is N#Cc1cccc(-n2c(SC(c3ccccc3)c3ccccc3)nnc2-c2cccc(F)c2)c1. The molecule has 0 amide bonds. The molecule has 5 rings (SSSR count). The summed E-state index contributed by atoms with van der Waals surface area (Å²) in [5.41, 5.74) is 4.14. The van der Waals surface area contributed by atoms with Gasteiger partial charge in [0.2, 0.25) is 0 Å². The van der Waals surface area contributed by atoms with E-state index in [1.54, 1.807) is 36.0 Å². The molecule has 4 aromatic carbocycles. The first kappa shape index (κ1) is 21.6. The van der Waals surface area contributed by atoms with Crippen LogP contribution in [0, 0.1) is 17.1 Å². The van der Waals surface area contributed by atoms with Gasteiger partial charge >= 0.3 is 0 Å². The van der Waals surface area contributed by atoms with Gasteiger partial charge in [-0.15, -0.1) is 10.2 Å². The number of hydrogen-bond donors (Lipinski definition) is 0. The van der Waals surface area contributed by atoms with E-state index in [1.165, 1.54) is 12.1 Å². The summed E-state index contributed by atoms with van der Waals surface area (Å²) in [6.07, 6.45) is 0. The first-order valence-corrected chi connectivity index (χ1v) is 11.6. The maximum absolute atomic E-state index is 14.1. The van der Waals surface area contributed by atoms with Crippen molar-refractivity contribution in [3.63, 3.8) is 0 Å². The van der Waals surface area contributed by atoms with E-state index in [9.17, 15) is 9.65 Å². The zero-order chi connectivity index (χ0) is 23.3. The van der Waals surface area contributed by atoms with Crippen LogP contribution in [0.3, 0.4) is 0 Å². The summed E-state index contributed by atoms with van der Waals surface area (Å²) >= 11 is 1.56. The van der Waals surface area contributed by atoms with Crippen molar-refractivity contribution in [2.24, 2.45) is 0 Å². The van der Waals surface area contributed by atoms with Gasteiger partial charge in [0, 0.05) is 5.56 Å². The van der Waals surface area contributed by atoms with Crippen molar-refractivity contribution in [1.29, 1.82) is 5.26 Å². The lowest BCUT2D eigenvalue weighted by Crippen LogP contribution is -2.03. The molecule has 1 aromatic heterocycles. The minimum atomic E-state index is -0.349. The fourth-order valence-corrected chi connectivity index (χ4v) is 4.98. The molecule has 0 aliphatic heterocycles. The third kappa shape index (κ3) is 4.47. The van der Waals surface area contributed by atoms with Crippen molar-refractivity contribution in [3.05, 3.63) is 132 Å². The van der Waals surface area contributed by atoms with Crippen LogP contribution >= 0.6 is 11.8 Å². The standard InChI is InChI=1S/C28H19FN4S/c29-24-15-8-14-23(18-24)27-31-32-28(33(27)25-16-7-9-20(17-25)19-30)34-26(21-10-3-1-4-11-21)22-12-5-2-6-13-22/h1-18,26H. The quantitative estimate of drug-likeness (QED) is 0.260. The number of halogens is 1. The van der Waals surface area contributed by atoms with Crippen LogP contribution in [0.1, 0.15) is 21.9 Å². The van der Waals surface area contributed by atoms with E-state index in [2.05, 4.69) is 40.5 Å². The molecule has 164 valence electrons. The minimum Gasteiger partial charge on any atom is -0.270 e. The Labute approximate surface area is 201 Å². The number of thioether (sulfide) groups is 1. The molecule has 0 fully saturated rings. The average molecular weight is 463 g/mol. The molecule has 0 saturated carbocycles. The highest BCUT2D eigenvalue weighted by Crippen LogP contribution is 2.41. The van der Waals surface area contributed by atoms with Crippen LogP contribution in [-0.4, -0.2) is 14.8 Å². The highest BCUT2D eigenvalue weighted by Gasteiger charge is 2.23. The van der Waals surface area contributed by atoms with Gasteiger partial charge in [0.25, 0.3) is 0 Å². The zero-order valence-corrected chi connectivity index (χ0v) is 18.9. The molecule has 34 heavy (non-hydrogen) atoms.